The molecule has 0 atom stereocenters. The summed E-state index contributed by atoms with van der Waals surface area (Å²) in [5.41, 5.74) is 2.01. The smallest absolute Gasteiger partial charge is 0.190 e. The topological polar surface area (TPSA) is 70.6 Å². The van der Waals surface area contributed by atoms with Crippen LogP contribution in [0.25, 0.3) is 0 Å². The van der Waals surface area contributed by atoms with E-state index in [-0.39, 0.29) is 35.5 Å². The quantitative estimate of drug-likeness (QED) is 0.222. The van der Waals surface area contributed by atoms with E-state index in [1.54, 1.807) is 7.05 Å². The van der Waals surface area contributed by atoms with Crippen LogP contribution in [0.15, 0.2) is 59.6 Å². The zero-order valence-corrected chi connectivity index (χ0v) is 19.8. The average molecular weight is 536 g/mol. The van der Waals surface area contributed by atoms with E-state index in [2.05, 4.69) is 15.6 Å². The Kier molecular flexibility index (Phi) is 11.5. The summed E-state index contributed by atoms with van der Waals surface area (Å²) >= 11 is 5.88. The summed E-state index contributed by atoms with van der Waals surface area (Å²) in [5, 5.41) is 7.11. The van der Waals surface area contributed by atoms with Crippen molar-refractivity contribution in [3.8, 4) is 0 Å². The molecule has 0 heterocycles. The molecule has 0 aliphatic rings. The molecule has 0 saturated heterocycles. The van der Waals surface area contributed by atoms with E-state index in [4.69, 9.17) is 11.6 Å². The number of hydrogen-bond donors (Lipinski definition) is 2. The Hall–Kier alpha value is -1.32. The molecule has 0 fully saturated rings. The lowest BCUT2D eigenvalue weighted by Gasteiger charge is -2.12. The molecular formula is C20H27ClIN3O2S. The summed E-state index contributed by atoms with van der Waals surface area (Å²) < 4.78 is 24.4. The van der Waals surface area contributed by atoms with Gasteiger partial charge in [-0.25, -0.2) is 8.42 Å². The largest absolute Gasteiger partial charge is 0.356 e. The van der Waals surface area contributed by atoms with Crippen LogP contribution in [-0.4, -0.2) is 40.3 Å². The number of hydrogen-bond acceptors (Lipinski definition) is 3. The van der Waals surface area contributed by atoms with Crippen molar-refractivity contribution in [2.45, 2.75) is 18.6 Å². The molecule has 28 heavy (non-hydrogen) atoms. The maximum Gasteiger partial charge on any atom is 0.190 e. The predicted octanol–water partition coefficient (Wildman–Crippen LogP) is 3.67. The van der Waals surface area contributed by atoms with Crippen molar-refractivity contribution in [2.75, 3.05) is 25.9 Å². The van der Waals surface area contributed by atoms with Crippen LogP contribution in [0.1, 0.15) is 17.5 Å². The van der Waals surface area contributed by atoms with Gasteiger partial charge in [-0.15, -0.1) is 24.0 Å². The molecule has 0 unspecified atom stereocenters. The Morgan fingerprint density at radius 3 is 2.25 bits per heavy atom. The van der Waals surface area contributed by atoms with Crippen LogP contribution < -0.4 is 10.6 Å². The van der Waals surface area contributed by atoms with Crippen molar-refractivity contribution >= 4 is 51.4 Å². The third-order valence-corrected chi connectivity index (χ3v) is 5.93. The molecule has 0 radical (unpaired) electrons. The van der Waals surface area contributed by atoms with Crippen LogP contribution in [0.5, 0.6) is 0 Å². The molecule has 0 saturated carbocycles. The van der Waals surface area contributed by atoms with E-state index in [0.29, 0.717) is 18.9 Å². The highest BCUT2D eigenvalue weighted by Crippen LogP contribution is 2.09. The summed E-state index contributed by atoms with van der Waals surface area (Å²) in [7, 11) is -1.41. The van der Waals surface area contributed by atoms with E-state index in [1.165, 1.54) is 5.56 Å². The fourth-order valence-electron chi connectivity index (χ4n) is 2.60. The number of guanidine groups is 1. The van der Waals surface area contributed by atoms with Crippen LogP contribution in [-0.2, 0) is 22.0 Å². The van der Waals surface area contributed by atoms with Gasteiger partial charge in [0.1, 0.15) is 0 Å². The van der Waals surface area contributed by atoms with Gasteiger partial charge < -0.3 is 10.6 Å². The predicted molar refractivity (Wildman–Crippen MR) is 128 cm³/mol. The standard InChI is InChI=1S/C20H26ClN3O2S.HI/c1-22-20(24-14-12-17-8-10-19(21)11-9-17)23-13-5-15-27(25,26)16-18-6-3-2-4-7-18;/h2-4,6-11H,5,12-16H2,1H3,(H2,22,23,24);1H. The molecular weight excluding hydrogens is 509 g/mol. The first kappa shape index (κ1) is 24.7. The maximum atomic E-state index is 12.2. The number of nitrogens with one attached hydrogen (secondary N) is 2. The lowest BCUT2D eigenvalue weighted by molar-refractivity contribution is 0.591. The first-order valence-electron chi connectivity index (χ1n) is 8.92. The van der Waals surface area contributed by atoms with Gasteiger partial charge in [-0.3, -0.25) is 4.99 Å². The van der Waals surface area contributed by atoms with Gasteiger partial charge in [0.15, 0.2) is 15.8 Å². The van der Waals surface area contributed by atoms with E-state index in [1.807, 2.05) is 54.6 Å². The molecule has 0 amide bonds. The molecule has 2 aromatic rings. The minimum absolute atomic E-state index is 0. The fourth-order valence-corrected chi connectivity index (χ4v) is 4.15. The molecule has 0 bridgehead atoms. The van der Waals surface area contributed by atoms with Gasteiger partial charge in [-0.05, 0) is 36.1 Å². The van der Waals surface area contributed by atoms with Crippen LogP contribution in [0.3, 0.4) is 0 Å². The second-order valence-electron chi connectivity index (χ2n) is 6.23. The minimum atomic E-state index is -3.11. The Labute approximate surface area is 189 Å². The lowest BCUT2D eigenvalue weighted by atomic mass is 10.1. The second kappa shape index (κ2) is 13.0. The normalized spacial score (nSPS) is 11.6. The number of aliphatic imine (C=N–C) groups is 1. The summed E-state index contributed by atoms with van der Waals surface area (Å²) in [6.45, 7) is 1.28. The summed E-state index contributed by atoms with van der Waals surface area (Å²) in [6, 6.07) is 17.0. The van der Waals surface area contributed by atoms with E-state index < -0.39 is 9.84 Å². The van der Waals surface area contributed by atoms with Gasteiger partial charge >= 0.3 is 0 Å². The van der Waals surface area contributed by atoms with Crippen molar-refractivity contribution < 1.29 is 8.42 Å². The van der Waals surface area contributed by atoms with Gasteiger partial charge in [0.25, 0.3) is 0 Å². The molecule has 0 aromatic heterocycles. The van der Waals surface area contributed by atoms with Crippen LogP contribution >= 0.6 is 35.6 Å². The third-order valence-electron chi connectivity index (χ3n) is 4.00. The molecule has 0 spiro atoms. The molecule has 0 aliphatic heterocycles. The monoisotopic (exact) mass is 535 g/mol. The van der Waals surface area contributed by atoms with Crippen LogP contribution in [0.2, 0.25) is 5.02 Å². The number of nitrogens with zero attached hydrogens (tertiary/aromatic N) is 1. The lowest BCUT2D eigenvalue weighted by Crippen LogP contribution is -2.39. The molecule has 5 nitrogen and oxygen atoms in total. The van der Waals surface area contributed by atoms with Crippen LogP contribution in [0, 0.1) is 0 Å². The highest BCUT2D eigenvalue weighted by Gasteiger charge is 2.11. The number of sulfone groups is 1. The van der Waals surface area contributed by atoms with Crippen molar-refractivity contribution in [1.82, 2.24) is 10.6 Å². The molecule has 2 N–H and O–H groups in total. The first-order chi connectivity index (χ1) is 13.0. The first-order valence-corrected chi connectivity index (χ1v) is 11.1. The molecule has 8 heteroatoms. The van der Waals surface area contributed by atoms with E-state index in [9.17, 15) is 8.42 Å². The Balaban J connectivity index is 0.00000392. The number of halogens is 2. The van der Waals surface area contributed by atoms with Crippen LogP contribution in [0.4, 0.5) is 0 Å². The van der Waals surface area contributed by atoms with E-state index in [0.717, 1.165) is 23.6 Å². The summed E-state index contributed by atoms with van der Waals surface area (Å²) in [6.07, 6.45) is 1.39. The zero-order chi connectivity index (χ0) is 19.5. The SMILES string of the molecule is CN=C(NCCCS(=O)(=O)Cc1ccccc1)NCCc1ccc(Cl)cc1.I. The summed E-state index contributed by atoms with van der Waals surface area (Å²) in [4.78, 5) is 4.16. The molecule has 0 aliphatic carbocycles. The van der Waals surface area contributed by atoms with Crippen molar-refractivity contribution in [1.29, 1.82) is 0 Å². The minimum Gasteiger partial charge on any atom is -0.356 e. The molecule has 2 rings (SSSR count). The van der Waals surface area contributed by atoms with Gasteiger partial charge in [0.05, 0.1) is 11.5 Å². The van der Waals surface area contributed by atoms with E-state index >= 15 is 0 Å². The molecule has 2 aromatic carbocycles. The van der Waals surface area contributed by atoms with Crippen molar-refractivity contribution in [3.05, 3.63) is 70.7 Å². The van der Waals surface area contributed by atoms with Crippen molar-refractivity contribution in [3.63, 3.8) is 0 Å². The molecule has 154 valence electrons. The highest BCUT2D eigenvalue weighted by molar-refractivity contribution is 14.0. The highest BCUT2D eigenvalue weighted by atomic mass is 127. The van der Waals surface area contributed by atoms with Gasteiger partial charge in [-0.2, -0.15) is 0 Å². The Morgan fingerprint density at radius 1 is 0.964 bits per heavy atom. The van der Waals surface area contributed by atoms with Gasteiger partial charge in [0, 0.05) is 25.2 Å². The van der Waals surface area contributed by atoms with Gasteiger partial charge in [0.2, 0.25) is 0 Å². The zero-order valence-electron chi connectivity index (χ0n) is 15.9. The second-order valence-corrected chi connectivity index (χ2v) is 8.85. The third kappa shape index (κ3) is 9.75. The Bertz CT molecular complexity index is 828. The van der Waals surface area contributed by atoms with Crippen molar-refractivity contribution in [2.24, 2.45) is 4.99 Å². The van der Waals surface area contributed by atoms with Gasteiger partial charge in [-0.1, -0.05) is 54.1 Å². The Morgan fingerprint density at radius 2 is 1.61 bits per heavy atom. The summed E-state index contributed by atoms with van der Waals surface area (Å²) in [5.74, 6) is 0.905. The number of rotatable bonds is 9. The maximum absolute atomic E-state index is 12.2. The average Bonchev–Trinajstić information content (AvgIpc) is 2.65. The fraction of sp³-hybridized carbons (Fsp3) is 0.350. The number of benzene rings is 2.